The molecule has 0 aromatic carbocycles. The first kappa shape index (κ1) is 11.6. The van der Waals surface area contributed by atoms with E-state index in [1.165, 1.54) is 0 Å². The number of carbonyl (C=O) groups excluding carboxylic acids is 1. The van der Waals surface area contributed by atoms with E-state index in [9.17, 15) is 4.79 Å². The molecule has 1 aliphatic rings. The molecule has 1 rings (SSSR count). The number of hydrogen-bond acceptors (Lipinski definition) is 2. The van der Waals surface area contributed by atoms with Crippen LogP contribution in [-0.4, -0.2) is 24.4 Å². The average Bonchev–Trinajstić information content (AvgIpc) is 2.33. The molecule has 1 amide bonds. The first-order chi connectivity index (χ1) is 7.06. The van der Waals surface area contributed by atoms with Gasteiger partial charge in [-0.15, -0.1) is 0 Å². The molecule has 1 heterocycles. The largest absolute Gasteiger partial charge is 0.383 e. The average molecular weight is 206 g/mol. The van der Waals surface area contributed by atoms with Crippen LogP contribution in [0.2, 0.25) is 0 Å². The van der Waals surface area contributed by atoms with Gasteiger partial charge >= 0.3 is 0 Å². The number of allylic oxidation sites excluding steroid dienone is 3. The number of amides is 1. The van der Waals surface area contributed by atoms with Crippen LogP contribution < -0.4 is 5.32 Å². The lowest BCUT2D eigenvalue weighted by Crippen LogP contribution is -2.25. The van der Waals surface area contributed by atoms with E-state index in [0.29, 0.717) is 13.0 Å². The van der Waals surface area contributed by atoms with E-state index in [1.807, 2.05) is 26.0 Å². The SMILES string of the molecule is C=C1NCCC(=O)N(C)/C1=C/C(C)=C\C. The van der Waals surface area contributed by atoms with Gasteiger partial charge in [0.2, 0.25) is 5.91 Å². The summed E-state index contributed by atoms with van der Waals surface area (Å²) < 4.78 is 0. The molecule has 1 N–H and O–H groups in total. The summed E-state index contributed by atoms with van der Waals surface area (Å²) in [7, 11) is 1.79. The highest BCUT2D eigenvalue weighted by atomic mass is 16.2. The van der Waals surface area contributed by atoms with Gasteiger partial charge in [0.1, 0.15) is 0 Å². The van der Waals surface area contributed by atoms with Crippen LogP contribution in [0.25, 0.3) is 0 Å². The van der Waals surface area contributed by atoms with Crippen LogP contribution in [0.1, 0.15) is 20.3 Å². The Balaban J connectivity index is 3.04. The Hall–Kier alpha value is -1.51. The zero-order valence-electron chi connectivity index (χ0n) is 9.63. The fraction of sp³-hybridized carbons (Fsp3) is 0.417. The lowest BCUT2D eigenvalue weighted by atomic mass is 10.2. The number of hydrogen-bond donors (Lipinski definition) is 1. The molecule has 0 saturated carbocycles. The van der Waals surface area contributed by atoms with Crippen molar-refractivity contribution in [2.24, 2.45) is 0 Å². The molecule has 1 saturated heterocycles. The van der Waals surface area contributed by atoms with Crippen molar-refractivity contribution in [1.82, 2.24) is 10.2 Å². The van der Waals surface area contributed by atoms with Crippen molar-refractivity contribution in [2.45, 2.75) is 20.3 Å². The summed E-state index contributed by atoms with van der Waals surface area (Å²) in [5.41, 5.74) is 2.78. The Kier molecular flexibility index (Phi) is 3.72. The molecule has 3 heteroatoms. The van der Waals surface area contributed by atoms with Crippen LogP contribution in [0.4, 0.5) is 0 Å². The number of nitrogens with one attached hydrogen (secondary N) is 1. The quantitative estimate of drug-likeness (QED) is 0.709. The summed E-state index contributed by atoms with van der Waals surface area (Å²) in [4.78, 5) is 13.3. The number of rotatable bonds is 1. The van der Waals surface area contributed by atoms with E-state index in [1.54, 1.807) is 11.9 Å². The molecule has 0 aromatic rings. The van der Waals surface area contributed by atoms with Gasteiger partial charge in [-0.3, -0.25) is 4.79 Å². The van der Waals surface area contributed by atoms with Gasteiger partial charge in [-0.05, 0) is 19.9 Å². The first-order valence-corrected chi connectivity index (χ1v) is 5.10. The monoisotopic (exact) mass is 206 g/mol. The third-order valence-corrected chi connectivity index (χ3v) is 2.54. The van der Waals surface area contributed by atoms with E-state index in [4.69, 9.17) is 0 Å². The minimum Gasteiger partial charge on any atom is -0.383 e. The van der Waals surface area contributed by atoms with Gasteiger partial charge in [0.15, 0.2) is 0 Å². The fourth-order valence-corrected chi connectivity index (χ4v) is 1.40. The Labute approximate surface area is 91.2 Å². The summed E-state index contributed by atoms with van der Waals surface area (Å²) in [5.74, 6) is 0.122. The van der Waals surface area contributed by atoms with Crippen molar-refractivity contribution < 1.29 is 4.79 Å². The van der Waals surface area contributed by atoms with Gasteiger partial charge < -0.3 is 10.2 Å². The standard InChI is InChI=1S/C12H18N2O/c1-5-9(2)8-11-10(3)13-7-6-12(15)14(11)4/h5,8,13H,3,6-7H2,1-2,4H3/b9-5-,11-8+. The molecule has 3 nitrogen and oxygen atoms in total. The molecule has 0 unspecified atom stereocenters. The zero-order valence-corrected chi connectivity index (χ0v) is 9.63. The molecule has 0 bridgehead atoms. The maximum atomic E-state index is 11.6. The molecule has 1 aliphatic heterocycles. The van der Waals surface area contributed by atoms with Gasteiger partial charge in [0.25, 0.3) is 0 Å². The molecule has 0 aliphatic carbocycles. The minimum atomic E-state index is 0.122. The van der Waals surface area contributed by atoms with Crippen molar-refractivity contribution in [1.29, 1.82) is 0 Å². The van der Waals surface area contributed by atoms with Crippen LogP contribution in [0.5, 0.6) is 0 Å². The summed E-state index contributed by atoms with van der Waals surface area (Å²) in [6.07, 6.45) is 4.49. The molecule has 0 atom stereocenters. The summed E-state index contributed by atoms with van der Waals surface area (Å²) in [6, 6.07) is 0. The maximum absolute atomic E-state index is 11.6. The first-order valence-electron chi connectivity index (χ1n) is 5.10. The Bertz CT molecular complexity index is 340. The van der Waals surface area contributed by atoms with Crippen LogP contribution in [-0.2, 0) is 4.79 Å². The summed E-state index contributed by atoms with van der Waals surface area (Å²) in [5, 5.41) is 3.13. The van der Waals surface area contributed by atoms with Gasteiger partial charge in [-0.2, -0.15) is 0 Å². The number of likely N-dealkylation sites (N-methyl/N-ethyl adjacent to an activating group) is 1. The second-order valence-corrected chi connectivity index (χ2v) is 3.67. The van der Waals surface area contributed by atoms with E-state index >= 15 is 0 Å². The van der Waals surface area contributed by atoms with E-state index in [2.05, 4.69) is 11.9 Å². The third-order valence-electron chi connectivity index (χ3n) is 2.54. The second-order valence-electron chi connectivity index (χ2n) is 3.67. The predicted molar refractivity (Wildman–Crippen MR) is 62.0 cm³/mol. The summed E-state index contributed by atoms with van der Waals surface area (Å²) in [6.45, 7) is 8.57. The number of carbonyl (C=O) groups is 1. The molecular formula is C12H18N2O. The molecule has 0 radical (unpaired) electrons. The van der Waals surface area contributed by atoms with Gasteiger partial charge in [0.05, 0.1) is 11.4 Å². The highest BCUT2D eigenvalue weighted by Crippen LogP contribution is 2.16. The molecule has 1 fully saturated rings. The Morgan fingerprint density at radius 2 is 2.27 bits per heavy atom. The molecule has 82 valence electrons. The van der Waals surface area contributed by atoms with Crippen molar-refractivity contribution >= 4 is 5.91 Å². The maximum Gasteiger partial charge on any atom is 0.228 e. The second kappa shape index (κ2) is 4.82. The normalized spacial score (nSPS) is 21.7. The Morgan fingerprint density at radius 1 is 1.60 bits per heavy atom. The third kappa shape index (κ3) is 2.72. The van der Waals surface area contributed by atoms with Crippen LogP contribution >= 0.6 is 0 Å². The van der Waals surface area contributed by atoms with Crippen molar-refractivity contribution in [2.75, 3.05) is 13.6 Å². The topological polar surface area (TPSA) is 32.3 Å². The van der Waals surface area contributed by atoms with E-state index in [-0.39, 0.29) is 5.91 Å². The molecule has 15 heavy (non-hydrogen) atoms. The smallest absolute Gasteiger partial charge is 0.228 e. The van der Waals surface area contributed by atoms with E-state index < -0.39 is 0 Å². The van der Waals surface area contributed by atoms with Crippen LogP contribution in [0, 0.1) is 0 Å². The lowest BCUT2D eigenvalue weighted by molar-refractivity contribution is -0.127. The van der Waals surface area contributed by atoms with Crippen molar-refractivity contribution in [3.8, 4) is 0 Å². The van der Waals surface area contributed by atoms with Gasteiger partial charge in [0, 0.05) is 20.0 Å². The molecule has 0 aromatic heterocycles. The zero-order chi connectivity index (χ0) is 11.4. The highest BCUT2D eigenvalue weighted by molar-refractivity contribution is 5.79. The van der Waals surface area contributed by atoms with Crippen LogP contribution in [0.3, 0.4) is 0 Å². The van der Waals surface area contributed by atoms with Gasteiger partial charge in [-0.25, -0.2) is 0 Å². The lowest BCUT2D eigenvalue weighted by Gasteiger charge is -2.19. The number of nitrogens with zero attached hydrogens (tertiary/aromatic N) is 1. The summed E-state index contributed by atoms with van der Waals surface area (Å²) >= 11 is 0. The van der Waals surface area contributed by atoms with Crippen molar-refractivity contribution in [3.63, 3.8) is 0 Å². The molecule has 0 spiro atoms. The van der Waals surface area contributed by atoms with Crippen LogP contribution in [0.15, 0.2) is 35.7 Å². The Morgan fingerprint density at radius 3 is 2.87 bits per heavy atom. The molecular weight excluding hydrogens is 188 g/mol. The highest BCUT2D eigenvalue weighted by Gasteiger charge is 2.19. The fourth-order valence-electron chi connectivity index (χ4n) is 1.40. The predicted octanol–water partition coefficient (Wildman–Crippen LogP) is 1.80. The van der Waals surface area contributed by atoms with Crippen molar-refractivity contribution in [3.05, 3.63) is 35.7 Å². The van der Waals surface area contributed by atoms with Gasteiger partial charge in [-0.1, -0.05) is 18.2 Å². The van der Waals surface area contributed by atoms with E-state index in [0.717, 1.165) is 17.0 Å². The minimum absolute atomic E-state index is 0.122.